The van der Waals surface area contributed by atoms with E-state index in [2.05, 4.69) is 10.6 Å². The summed E-state index contributed by atoms with van der Waals surface area (Å²) in [5.41, 5.74) is 1.83. The Morgan fingerprint density at radius 2 is 1.89 bits per heavy atom. The number of carbonyl (C=O) groups excluding carboxylic acids is 1. The quantitative estimate of drug-likeness (QED) is 0.679. The lowest BCUT2D eigenvalue weighted by atomic mass is 9.97. The normalized spacial score (nSPS) is 15.4. The molecule has 6 heteroatoms. The van der Waals surface area contributed by atoms with Crippen molar-refractivity contribution in [2.75, 3.05) is 19.6 Å². The molecule has 2 aromatic carbocycles. The van der Waals surface area contributed by atoms with E-state index < -0.39 is 6.10 Å². The fourth-order valence-corrected chi connectivity index (χ4v) is 3.10. The first-order valence-corrected chi connectivity index (χ1v) is 9.15. The standard InChI is InChI=1S/C21H26N2O3.ClH/c24-20(14-23-21(25)17-9-11-22-12-10-17)18-7-4-8-19(13-18)26-15-16-5-2-1-3-6-16;/h1-8,13,17,20,22,24H,9-12,14-15H2,(H,23,25);1H. The van der Waals surface area contributed by atoms with Gasteiger partial charge in [0.15, 0.2) is 0 Å². The second-order valence-corrected chi connectivity index (χ2v) is 6.63. The van der Waals surface area contributed by atoms with Crippen LogP contribution in [0.5, 0.6) is 5.75 Å². The number of aliphatic hydroxyl groups excluding tert-OH is 1. The third-order valence-corrected chi connectivity index (χ3v) is 4.67. The molecule has 2 aromatic rings. The summed E-state index contributed by atoms with van der Waals surface area (Å²) in [7, 11) is 0. The van der Waals surface area contributed by atoms with Crippen molar-refractivity contribution in [1.82, 2.24) is 10.6 Å². The van der Waals surface area contributed by atoms with E-state index in [9.17, 15) is 9.90 Å². The summed E-state index contributed by atoms with van der Waals surface area (Å²) in [6.07, 6.45) is 0.955. The largest absolute Gasteiger partial charge is 0.489 e. The van der Waals surface area contributed by atoms with E-state index >= 15 is 0 Å². The second kappa shape index (κ2) is 10.9. The van der Waals surface area contributed by atoms with Crippen LogP contribution in [0.25, 0.3) is 0 Å². The van der Waals surface area contributed by atoms with Crippen molar-refractivity contribution in [2.24, 2.45) is 5.92 Å². The van der Waals surface area contributed by atoms with E-state index in [-0.39, 0.29) is 30.8 Å². The average Bonchev–Trinajstić information content (AvgIpc) is 2.72. The maximum Gasteiger partial charge on any atom is 0.223 e. The van der Waals surface area contributed by atoms with Crippen LogP contribution in [0.3, 0.4) is 0 Å². The van der Waals surface area contributed by atoms with Gasteiger partial charge in [-0.15, -0.1) is 12.4 Å². The van der Waals surface area contributed by atoms with Gasteiger partial charge in [0, 0.05) is 12.5 Å². The van der Waals surface area contributed by atoms with Crippen LogP contribution in [0.2, 0.25) is 0 Å². The predicted molar refractivity (Wildman–Crippen MR) is 108 cm³/mol. The maximum absolute atomic E-state index is 12.2. The number of hydrogen-bond donors (Lipinski definition) is 3. The Morgan fingerprint density at radius 3 is 2.63 bits per heavy atom. The summed E-state index contributed by atoms with van der Waals surface area (Å²) in [5, 5.41) is 16.5. The number of ether oxygens (including phenoxy) is 1. The fourth-order valence-electron chi connectivity index (χ4n) is 3.10. The molecule has 1 unspecified atom stereocenters. The van der Waals surface area contributed by atoms with E-state index in [1.165, 1.54) is 0 Å². The van der Waals surface area contributed by atoms with Crippen LogP contribution in [-0.4, -0.2) is 30.6 Å². The van der Waals surface area contributed by atoms with Crippen molar-refractivity contribution >= 4 is 18.3 Å². The third kappa shape index (κ3) is 6.54. The van der Waals surface area contributed by atoms with Gasteiger partial charge in [-0.1, -0.05) is 42.5 Å². The zero-order valence-electron chi connectivity index (χ0n) is 15.3. The molecule has 0 spiro atoms. The summed E-state index contributed by atoms with van der Waals surface area (Å²) in [6, 6.07) is 17.3. The molecule has 3 N–H and O–H groups in total. The number of aliphatic hydroxyl groups is 1. The molecular weight excluding hydrogens is 364 g/mol. The Bertz CT molecular complexity index is 706. The Kier molecular flexibility index (Phi) is 8.58. The molecule has 1 aliphatic heterocycles. The number of nitrogens with one attached hydrogen (secondary N) is 2. The summed E-state index contributed by atoms with van der Waals surface area (Å²) >= 11 is 0. The molecule has 1 amide bonds. The highest BCUT2D eigenvalue weighted by atomic mass is 35.5. The molecule has 0 aromatic heterocycles. The smallest absolute Gasteiger partial charge is 0.223 e. The molecular formula is C21H27ClN2O3. The van der Waals surface area contributed by atoms with Crippen LogP contribution in [0.1, 0.15) is 30.1 Å². The molecule has 146 valence electrons. The highest BCUT2D eigenvalue weighted by molar-refractivity contribution is 5.85. The van der Waals surface area contributed by atoms with Crippen LogP contribution in [0.4, 0.5) is 0 Å². The number of halogens is 1. The lowest BCUT2D eigenvalue weighted by molar-refractivity contribution is -0.126. The molecule has 1 heterocycles. The number of carbonyl (C=O) groups is 1. The van der Waals surface area contributed by atoms with Gasteiger partial charge < -0.3 is 20.5 Å². The Balaban J connectivity index is 0.00000261. The molecule has 0 bridgehead atoms. The SMILES string of the molecule is Cl.O=C(NCC(O)c1cccc(OCc2ccccc2)c1)C1CCNCC1. The van der Waals surface area contributed by atoms with Crippen LogP contribution in [-0.2, 0) is 11.4 Å². The van der Waals surface area contributed by atoms with Gasteiger partial charge in [0.2, 0.25) is 5.91 Å². The highest BCUT2D eigenvalue weighted by Gasteiger charge is 2.21. The Labute approximate surface area is 166 Å². The van der Waals surface area contributed by atoms with Crippen molar-refractivity contribution in [3.63, 3.8) is 0 Å². The van der Waals surface area contributed by atoms with E-state index in [4.69, 9.17) is 4.74 Å². The Hall–Kier alpha value is -2.08. The summed E-state index contributed by atoms with van der Waals surface area (Å²) in [6.45, 7) is 2.45. The molecule has 0 aliphatic carbocycles. The van der Waals surface area contributed by atoms with Crippen molar-refractivity contribution in [3.8, 4) is 5.75 Å². The summed E-state index contributed by atoms with van der Waals surface area (Å²) in [4.78, 5) is 12.2. The molecule has 1 saturated heterocycles. The monoisotopic (exact) mass is 390 g/mol. The van der Waals surface area contributed by atoms with E-state index in [0.29, 0.717) is 12.4 Å². The first-order valence-electron chi connectivity index (χ1n) is 9.15. The zero-order chi connectivity index (χ0) is 18.2. The molecule has 27 heavy (non-hydrogen) atoms. The maximum atomic E-state index is 12.2. The van der Waals surface area contributed by atoms with Gasteiger partial charge in [0.05, 0.1) is 6.10 Å². The van der Waals surface area contributed by atoms with Gasteiger partial charge in [0.25, 0.3) is 0 Å². The number of hydrogen-bond acceptors (Lipinski definition) is 4. The van der Waals surface area contributed by atoms with Gasteiger partial charge in [-0.3, -0.25) is 4.79 Å². The van der Waals surface area contributed by atoms with E-state index in [0.717, 1.165) is 37.1 Å². The van der Waals surface area contributed by atoms with Gasteiger partial charge in [-0.25, -0.2) is 0 Å². The van der Waals surface area contributed by atoms with Gasteiger partial charge in [0.1, 0.15) is 12.4 Å². The minimum absolute atomic E-state index is 0. The third-order valence-electron chi connectivity index (χ3n) is 4.67. The lowest BCUT2D eigenvalue weighted by Crippen LogP contribution is -2.39. The molecule has 0 saturated carbocycles. The van der Waals surface area contributed by atoms with Crippen molar-refractivity contribution in [1.29, 1.82) is 0 Å². The topological polar surface area (TPSA) is 70.6 Å². The van der Waals surface area contributed by atoms with Crippen LogP contribution < -0.4 is 15.4 Å². The van der Waals surface area contributed by atoms with Crippen LogP contribution in [0.15, 0.2) is 54.6 Å². The lowest BCUT2D eigenvalue weighted by Gasteiger charge is -2.22. The first-order chi connectivity index (χ1) is 12.7. The molecule has 1 aliphatic rings. The number of piperidine rings is 1. The summed E-state index contributed by atoms with van der Waals surface area (Å²) in [5.74, 6) is 0.779. The number of benzene rings is 2. The average molecular weight is 391 g/mol. The minimum Gasteiger partial charge on any atom is -0.489 e. The van der Waals surface area contributed by atoms with Gasteiger partial charge in [-0.2, -0.15) is 0 Å². The van der Waals surface area contributed by atoms with Crippen molar-refractivity contribution in [3.05, 3.63) is 65.7 Å². The van der Waals surface area contributed by atoms with Gasteiger partial charge in [-0.05, 0) is 49.2 Å². The molecule has 1 atom stereocenters. The second-order valence-electron chi connectivity index (χ2n) is 6.63. The number of amides is 1. The van der Waals surface area contributed by atoms with E-state index in [1.807, 2.05) is 54.6 Å². The number of rotatable bonds is 7. The van der Waals surface area contributed by atoms with Crippen LogP contribution >= 0.6 is 12.4 Å². The highest BCUT2D eigenvalue weighted by Crippen LogP contribution is 2.20. The van der Waals surface area contributed by atoms with E-state index in [1.54, 1.807) is 0 Å². The molecule has 3 rings (SSSR count). The molecule has 0 radical (unpaired) electrons. The zero-order valence-corrected chi connectivity index (χ0v) is 16.1. The fraction of sp³-hybridized carbons (Fsp3) is 0.381. The predicted octanol–water partition coefficient (Wildman–Crippen LogP) is 2.84. The first kappa shape index (κ1) is 21.2. The van der Waals surface area contributed by atoms with Crippen molar-refractivity contribution in [2.45, 2.75) is 25.6 Å². The summed E-state index contributed by atoms with van der Waals surface area (Å²) < 4.78 is 5.80. The molecule has 5 nitrogen and oxygen atoms in total. The Morgan fingerprint density at radius 1 is 1.15 bits per heavy atom. The minimum atomic E-state index is -0.749. The van der Waals surface area contributed by atoms with Crippen LogP contribution in [0, 0.1) is 5.92 Å². The van der Waals surface area contributed by atoms with Gasteiger partial charge >= 0.3 is 0 Å². The van der Waals surface area contributed by atoms with Crippen molar-refractivity contribution < 1.29 is 14.6 Å². The molecule has 1 fully saturated rings.